The van der Waals surface area contributed by atoms with Crippen molar-refractivity contribution in [1.82, 2.24) is 9.80 Å². The second-order valence-electron chi connectivity index (χ2n) is 7.65. The lowest BCUT2D eigenvalue weighted by molar-refractivity contribution is -0.142. The van der Waals surface area contributed by atoms with Crippen LogP contribution < -0.4 is 9.64 Å². The summed E-state index contributed by atoms with van der Waals surface area (Å²) in [4.78, 5) is 42.9. The van der Waals surface area contributed by atoms with Crippen molar-refractivity contribution < 1.29 is 19.1 Å². The van der Waals surface area contributed by atoms with Gasteiger partial charge in [-0.15, -0.1) is 0 Å². The van der Waals surface area contributed by atoms with E-state index >= 15 is 0 Å². The van der Waals surface area contributed by atoms with Crippen LogP contribution in [0.4, 0.5) is 5.69 Å². The lowest BCUT2D eigenvalue weighted by atomic mass is 10.1. The third-order valence-corrected chi connectivity index (χ3v) is 5.97. The maximum atomic E-state index is 13.0. The SMILES string of the molecule is COc1ccc(Cl)cc1N1CC(C(=O)N2CCN(C(=O)C3CC3)CC2)CC1=O. The number of carbonyl (C=O) groups is 3. The Bertz CT molecular complexity index is 803. The Kier molecular flexibility index (Phi) is 5.19. The summed E-state index contributed by atoms with van der Waals surface area (Å²) in [6.07, 6.45) is 2.16. The molecule has 2 aliphatic heterocycles. The largest absolute Gasteiger partial charge is 0.495 e. The van der Waals surface area contributed by atoms with E-state index in [2.05, 4.69) is 0 Å². The van der Waals surface area contributed by atoms with Crippen molar-refractivity contribution in [2.75, 3.05) is 44.7 Å². The topological polar surface area (TPSA) is 70.2 Å². The Balaban J connectivity index is 1.39. The molecule has 0 N–H and O–H groups in total. The molecule has 1 unspecified atom stereocenters. The lowest BCUT2D eigenvalue weighted by Gasteiger charge is -2.36. The summed E-state index contributed by atoms with van der Waals surface area (Å²) in [5.74, 6) is 0.468. The van der Waals surface area contributed by atoms with Crippen molar-refractivity contribution in [3.05, 3.63) is 23.2 Å². The average molecular weight is 406 g/mol. The average Bonchev–Trinajstić information content (AvgIpc) is 3.49. The molecule has 0 aromatic heterocycles. The van der Waals surface area contributed by atoms with Crippen LogP contribution in [0, 0.1) is 11.8 Å². The van der Waals surface area contributed by atoms with E-state index in [1.165, 1.54) is 0 Å². The van der Waals surface area contributed by atoms with Crippen LogP contribution in [0.3, 0.4) is 0 Å². The second-order valence-corrected chi connectivity index (χ2v) is 8.08. The Morgan fingerprint density at radius 1 is 1.04 bits per heavy atom. The molecular formula is C20H24ClN3O4. The van der Waals surface area contributed by atoms with E-state index in [1.54, 1.807) is 35.1 Å². The maximum absolute atomic E-state index is 13.0. The predicted octanol–water partition coefficient (Wildman–Crippen LogP) is 1.78. The standard InChI is InChI=1S/C20H24ClN3O4/c1-28-17-5-4-15(21)11-16(17)24-12-14(10-18(24)25)20(27)23-8-6-22(7-9-23)19(26)13-2-3-13/h4-5,11,13-14H,2-3,6-10,12H2,1H3. The van der Waals surface area contributed by atoms with Gasteiger partial charge in [-0.1, -0.05) is 11.6 Å². The molecule has 1 atom stereocenters. The number of nitrogens with zero attached hydrogens (tertiary/aromatic N) is 3. The fourth-order valence-electron chi connectivity index (χ4n) is 3.97. The van der Waals surface area contributed by atoms with Gasteiger partial charge in [0.2, 0.25) is 17.7 Å². The lowest BCUT2D eigenvalue weighted by Crippen LogP contribution is -2.52. The molecule has 1 saturated carbocycles. The molecule has 2 heterocycles. The third-order valence-electron chi connectivity index (χ3n) is 5.74. The van der Waals surface area contributed by atoms with Crippen LogP contribution in [0.25, 0.3) is 0 Å². The first-order valence-corrected chi connectivity index (χ1v) is 10.1. The first-order chi connectivity index (χ1) is 13.5. The van der Waals surface area contributed by atoms with Crippen molar-refractivity contribution in [2.24, 2.45) is 11.8 Å². The summed E-state index contributed by atoms with van der Waals surface area (Å²) >= 11 is 6.09. The van der Waals surface area contributed by atoms with Crippen LogP contribution in [0.1, 0.15) is 19.3 Å². The summed E-state index contributed by atoms with van der Waals surface area (Å²) in [6, 6.07) is 5.11. The van der Waals surface area contributed by atoms with Gasteiger partial charge in [0, 0.05) is 50.1 Å². The Hall–Kier alpha value is -2.28. The molecule has 8 heteroatoms. The molecule has 0 radical (unpaired) electrons. The number of halogens is 1. The molecule has 4 rings (SSSR count). The van der Waals surface area contributed by atoms with Crippen molar-refractivity contribution in [1.29, 1.82) is 0 Å². The quantitative estimate of drug-likeness (QED) is 0.765. The number of amides is 3. The molecule has 28 heavy (non-hydrogen) atoms. The molecule has 7 nitrogen and oxygen atoms in total. The first kappa shape index (κ1) is 19.1. The molecule has 1 aromatic carbocycles. The minimum absolute atomic E-state index is 0.0182. The highest BCUT2D eigenvalue weighted by atomic mass is 35.5. The Morgan fingerprint density at radius 2 is 1.64 bits per heavy atom. The highest BCUT2D eigenvalue weighted by molar-refractivity contribution is 6.31. The van der Waals surface area contributed by atoms with Gasteiger partial charge in [0.25, 0.3) is 0 Å². The highest BCUT2D eigenvalue weighted by Crippen LogP contribution is 2.36. The fraction of sp³-hybridized carbons (Fsp3) is 0.550. The Morgan fingerprint density at radius 3 is 2.21 bits per heavy atom. The number of hydrogen-bond donors (Lipinski definition) is 0. The number of carbonyl (C=O) groups excluding carboxylic acids is 3. The van der Waals surface area contributed by atoms with E-state index < -0.39 is 0 Å². The molecule has 1 aromatic rings. The molecule has 0 bridgehead atoms. The summed E-state index contributed by atoms with van der Waals surface area (Å²) in [5.41, 5.74) is 0.593. The Labute approximate surface area is 169 Å². The van der Waals surface area contributed by atoms with Crippen molar-refractivity contribution in [3.8, 4) is 5.75 Å². The van der Waals surface area contributed by atoms with Crippen LogP contribution in [-0.4, -0.2) is 67.4 Å². The molecule has 150 valence electrons. The zero-order valence-corrected chi connectivity index (χ0v) is 16.7. The minimum Gasteiger partial charge on any atom is -0.495 e. The number of rotatable bonds is 4. The number of hydrogen-bond acceptors (Lipinski definition) is 4. The molecule has 3 amide bonds. The van der Waals surface area contributed by atoms with Gasteiger partial charge in [0.05, 0.1) is 18.7 Å². The van der Waals surface area contributed by atoms with Crippen molar-refractivity contribution >= 4 is 35.0 Å². The second kappa shape index (κ2) is 7.62. The number of anilines is 1. The van der Waals surface area contributed by atoms with Gasteiger partial charge >= 0.3 is 0 Å². The number of piperazine rings is 1. The third kappa shape index (κ3) is 3.68. The van der Waals surface area contributed by atoms with Gasteiger partial charge in [-0.3, -0.25) is 14.4 Å². The smallest absolute Gasteiger partial charge is 0.228 e. The number of benzene rings is 1. The predicted molar refractivity (Wildman–Crippen MR) is 104 cm³/mol. The summed E-state index contributed by atoms with van der Waals surface area (Å²) in [6.45, 7) is 2.53. The van der Waals surface area contributed by atoms with E-state index in [1.807, 2.05) is 4.90 Å². The van der Waals surface area contributed by atoms with Crippen molar-refractivity contribution in [3.63, 3.8) is 0 Å². The monoisotopic (exact) mass is 405 g/mol. The van der Waals surface area contributed by atoms with Crippen LogP contribution in [0.15, 0.2) is 18.2 Å². The summed E-state index contributed by atoms with van der Waals surface area (Å²) < 4.78 is 5.35. The van der Waals surface area contributed by atoms with Crippen molar-refractivity contribution in [2.45, 2.75) is 19.3 Å². The van der Waals surface area contributed by atoms with E-state index in [-0.39, 0.29) is 36.0 Å². The first-order valence-electron chi connectivity index (χ1n) is 9.69. The molecule has 3 aliphatic rings. The van der Waals surface area contributed by atoms with Gasteiger partial charge < -0.3 is 19.4 Å². The van der Waals surface area contributed by atoms with Gasteiger partial charge in [-0.2, -0.15) is 0 Å². The highest BCUT2D eigenvalue weighted by Gasteiger charge is 2.40. The minimum atomic E-state index is -0.387. The summed E-state index contributed by atoms with van der Waals surface area (Å²) in [5, 5.41) is 0.509. The van der Waals surface area contributed by atoms with Gasteiger partial charge in [0.15, 0.2) is 0 Å². The molecular weight excluding hydrogens is 382 g/mol. The van der Waals surface area contributed by atoms with Crippen LogP contribution in [-0.2, 0) is 14.4 Å². The van der Waals surface area contributed by atoms with E-state index in [9.17, 15) is 14.4 Å². The summed E-state index contributed by atoms with van der Waals surface area (Å²) in [7, 11) is 1.54. The van der Waals surface area contributed by atoms with E-state index in [4.69, 9.17) is 16.3 Å². The fourth-order valence-corrected chi connectivity index (χ4v) is 4.14. The molecule has 2 saturated heterocycles. The van der Waals surface area contributed by atoms with Gasteiger partial charge in [-0.05, 0) is 31.0 Å². The number of methoxy groups -OCH3 is 1. The van der Waals surface area contributed by atoms with E-state index in [0.29, 0.717) is 49.2 Å². The maximum Gasteiger partial charge on any atom is 0.228 e. The van der Waals surface area contributed by atoms with Crippen LogP contribution in [0.5, 0.6) is 5.75 Å². The molecule has 3 fully saturated rings. The van der Waals surface area contributed by atoms with Crippen LogP contribution in [0.2, 0.25) is 5.02 Å². The zero-order chi connectivity index (χ0) is 19.8. The number of ether oxygens (including phenoxy) is 1. The molecule has 0 spiro atoms. The van der Waals surface area contributed by atoms with Crippen LogP contribution >= 0.6 is 11.6 Å². The zero-order valence-electron chi connectivity index (χ0n) is 15.9. The van der Waals surface area contributed by atoms with Gasteiger partial charge in [-0.25, -0.2) is 0 Å². The molecule has 1 aliphatic carbocycles. The van der Waals surface area contributed by atoms with E-state index in [0.717, 1.165) is 12.8 Å². The van der Waals surface area contributed by atoms with Gasteiger partial charge in [0.1, 0.15) is 5.75 Å². The normalized spacial score (nSPS) is 22.6.